The van der Waals surface area contributed by atoms with Gasteiger partial charge in [0.2, 0.25) is 5.91 Å². The van der Waals surface area contributed by atoms with Gasteiger partial charge in [-0.25, -0.2) is 9.59 Å². The number of nitrogens with one attached hydrogen (secondary N) is 1. The van der Waals surface area contributed by atoms with E-state index in [1.165, 1.54) is 35.8 Å². The monoisotopic (exact) mass is 550 g/mol. The van der Waals surface area contributed by atoms with Crippen molar-refractivity contribution in [3.8, 4) is 5.69 Å². The molecule has 1 spiro atoms. The molecule has 1 aromatic carbocycles. The number of piperazine rings is 1. The lowest BCUT2D eigenvalue weighted by Crippen LogP contribution is -2.59. The maximum absolute atomic E-state index is 12.7. The largest absolute Gasteiger partial charge is 0.354 e. The summed E-state index contributed by atoms with van der Waals surface area (Å²) in [5, 5.41) is 2.70. The van der Waals surface area contributed by atoms with Crippen LogP contribution in [-0.4, -0.2) is 93.6 Å². The van der Waals surface area contributed by atoms with E-state index in [9.17, 15) is 14.4 Å². The van der Waals surface area contributed by atoms with Gasteiger partial charge >= 0.3 is 11.7 Å². The second-order valence-corrected chi connectivity index (χ2v) is 12.5. The Hall–Kier alpha value is -3.28. The van der Waals surface area contributed by atoms with Crippen LogP contribution in [0.15, 0.2) is 41.3 Å². The standard InChI is InChI=1S/C29H42N8O3/c1-28(2,31)25(38)35-12-14-36(15-13-35)26(39)32-24-9-11-37(27(40)33-24)22-6-4-20(5-7-22)8-10-34(3)23-18-29(19-23)16-21(30)17-29/h4-7,9,11,21,23H,8,10,12-19,30-31H2,1-3H3,(H,32,33,39,40). The zero-order valence-electron chi connectivity index (χ0n) is 23.8. The molecule has 11 nitrogen and oxygen atoms in total. The minimum atomic E-state index is -0.945. The van der Waals surface area contributed by atoms with Gasteiger partial charge in [0.15, 0.2) is 0 Å². The van der Waals surface area contributed by atoms with Crippen LogP contribution in [0.25, 0.3) is 5.69 Å². The van der Waals surface area contributed by atoms with Crippen molar-refractivity contribution in [3.05, 3.63) is 52.6 Å². The van der Waals surface area contributed by atoms with Crippen molar-refractivity contribution >= 4 is 17.8 Å². The van der Waals surface area contributed by atoms with Gasteiger partial charge in [-0.2, -0.15) is 4.98 Å². The fourth-order valence-corrected chi connectivity index (χ4v) is 6.33. The molecule has 40 heavy (non-hydrogen) atoms. The van der Waals surface area contributed by atoms with Crippen molar-refractivity contribution in [1.29, 1.82) is 0 Å². The maximum atomic E-state index is 12.7. The summed E-state index contributed by atoms with van der Waals surface area (Å²) < 4.78 is 1.46. The van der Waals surface area contributed by atoms with E-state index in [1.807, 2.05) is 12.1 Å². The Labute approximate surface area is 235 Å². The van der Waals surface area contributed by atoms with Crippen molar-refractivity contribution in [2.45, 2.75) is 63.6 Å². The van der Waals surface area contributed by atoms with E-state index in [4.69, 9.17) is 11.5 Å². The molecule has 2 heterocycles. The van der Waals surface area contributed by atoms with Crippen molar-refractivity contribution < 1.29 is 9.59 Å². The van der Waals surface area contributed by atoms with Gasteiger partial charge in [0.05, 0.1) is 11.2 Å². The Morgan fingerprint density at radius 1 is 1.05 bits per heavy atom. The molecule has 3 amide bonds. The summed E-state index contributed by atoms with van der Waals surface area (Å²) >= 11 is 0. The second kappa shape index (κ2) is 10.9. The molecule has 2 aromatic rings. The maximum Gasteiger partial charge on any atom is 0.354 e. The minimum absolute atomic E-state index is 0.139. The lowest BCUT2D eigenvalue weighted by Gasteiger charge is -2.59. The molecule has 2 aliphatic carbocycles. The summed E-state index contributed by atoms with van der Waals surface area (Å²) in [5.41, 5.74) is 13.0. The smallest absolute Gasteiger partial charge is 0.338 e. The molecule has 0 unspecified atom stereocenters. The molecule has 11 heteroatoms. The highest BCUT2D eigenvalue weighted by molar-refractivity contribution is 5.89. The number of nitrogens with two attached hydrogens (primary N) is 2. The van der Waals surface area contributed by atoms with Crippen LogP contribution < -0.4 is 22.5 Å². The summed E-state index contributed by atoms with van der Waals surface area (Å²) in [5.74, 6) is 0.0497. The highest BCUT2D eigenvalue weighted by atomic mass is 16.2. The van der Waals surface area contributed by atoms with Crippen molar-refractivity contribution in [3.63, 3.8) is 0 Å². The van der Waals surface area contributed by atoms with Gasteiger partial charge in [-0.3, -0.25) is 14.7 Å². The number of likely N-dealkylation sites (N-methyl/N-ethyl adjacent to an activating group) is 1. The molecular weight excluding hydrogens is 508 g/mol. The highest BCUT2D eigenvalue weighted by Crippen LogP contribution is 2.56. The molecule has 3 aliphatic rings. The number of anilines is 1. The number of aromatic nitrogens is 2. The van der Waals surface area contributed by atoms with E-state index in [0.717, 1.165) is 18.7 Å². The Bertz CT molecular complexity index is 1280. The average Bonchev–Trinajstić information content (AvgIpc) is 2.88. The topological polar surface area (TPSA) is 143 Å². The lowest BCUT2D eigenvalue weighted by atomic mass is 9.52. The van der Waals surface area contributed by atoms with E-state index < -0.39 is 11.2 Å². The molecule has 0 bridgehead atoms. The molecule has 1 saturated heterocycles. The minimum Gasteiger partial charge on any atom is -0.338 e. The summed E-state index contributed by atoms with van der Waals surface area (Å²) in [7, 11) is 2.21. The molecule has 1 aliphatic heterocycles. The molecule has 0 atom stereocenters. The Morgan fingerprint density at radius 3 is 2.25 bits per heavy atom. The summed E-state index contributed by atoms with van der Waals surface area (Å²) in [4.78, 5) is 47.6. The number of carbonyl (C=O) groups is 2. The quantitative estimate of drug-likeness (QED) is 0.473. The Balaban J connectivity index is 1.10. The third-order valence-electron chi connectivity index (χ3n) is 8.76. The first kappa shape index (κ1) is 28.3. The number of carbonyl (C=O) groups excluding carboxylic acids is 2. The van der Waals surface area contributed by atoms with Crippen LogP contribution in [-0.2, 0) is 11.2 Å². The second-order valence-electron chi connectivity index (χ2n) is 12.5. The van der Waals surface area contributed by atoms with Crippen LogP contribution in [0.1, 0.15) is 45.1 Å². The van der Waals surface area contributed by atoms with Gasteiger partial charge in [-0.05, 0) is 82.2 Å². The van der Waals surface area contributed by atoms with Crippen LogP contribution in [0.3, 0.4) is 0 Å². The first-order valence-corrected chi connectivity index (χ1v) is 14.2. The third-order valence-corrected chi connectivity index (χ3v) is 8.76. The molecule has 216 valence electrons. The van der Waals surface area contributed by atoms with Gasteiger partial charge in [-0.15, -0.1) is 0 Å². The highest BCUT2D eigenvalue weighted by Gasteiger charge is 2.52. The predicted octanol–water partition coefficient (Wildman–Crippen LogP) is 1.39. The predicted molar refractivity (Wildman–Crippen MR) is 154 cm³/mol. The average molecular weight is 551 g/mol. The number of urea groups is 1. The molecule has 1 aromatic heterocycles. The summed E-state index contributed by atoms with van der Waals surface area (Å²) in [6.45, 7) is 5.92. The van der Waals surface area contributed by atoms with E-state index in [2.05, 4.69) is 34.4 Å². The van der Waals surface area contributed by atoms with Crippen LogP contribution in [0, 0.1) is 5.41 Å². The van der Waals surface area contributed by atoms with E-state index in [-0.39, 0.29) is 17.8 Å². The number of benzene rings is 1. The van der Waals surface area contributed by atoms with Crippen LogP contribution in [0.5, 0.6) is 0 Å². The Kier molecular flexibility index (Phi) is 7.73. The van der Waals surface area contributed by atoms with Gasteiger partial charge < -0.3 is 26.2 Å². The number of amides is 3. The van der Waals surface area contributed by atoms with Gasteiger partial charge in [0.25, 0.3) is 0 Å². The zero-order chi connectivity index (χ0) is 28.7. The molecule has 3 fully saturated rings. The fraction of sp³-hybridized carbons (Fsp3) is 0.586. The molecule has 0 radical (unpaired) electrons. The van der Waals surface area contributed by atoms with Gasteiger partial charge in [-0.1, -0.05) is 12.1 Å². The van der Waals surface area contributed by atoms with Crippen LogP contribution >= 0.6 is 0 Å². The number of nitrogens with zero attached hydrogens (tertiary/aromatic N) is 5. The molecular formula is C29H42N8O3. The molecule has 5 N–H and O–H groups in total. The number of hydrogen-bond acceptors (Lipinski definition) is 7. The first-order chi connectivity index (χ1) is 18.9. The fourth-order valence-electron chi connectivity index (χ4n) is 6.33. The summed E-state index contributed by atoms with van der Waals surface area (Å²) in [6, 6.07) is 10.3. The third kappa shape index (κ3) is 6.06. The summed E-state index contributed by atoms with van der Waals surface area (Å²) in [6.07, 6.45) is 7.49. The van der Waals surface area contributed by atoms with Gasteiger partial charge in [0.1, 0.15) is 5.82 Å². The lowest BCUT2D eigenvalue weighted by molar-refractivity contribution is -0.137. The molecule has 2 saturated carbocycles. The zero-order valence-corrected chi connectivity index (χ0v) is 23.8. The van der Waals surface area contributed by atoms with Crippen molar-refractivity contribution in [1.82, 2.24) is 24.3 Å². The normalized spacial score (nSPS) is 24.6. The van der Waals surface area contributed by atoms with E-state index in [1.54, 1.807) is 35.9 Å². The number of rotatable bonds is 7. The van der Waals surface area contributed by atoms with Crippen molar-refractivity contribution in [2.24, 2.45) is 16.9 Å². The van der Waals surface area contributed by atoms with E-state index in [0.29, 0.717) is 43.7 Å². The SMILES string of the molecule is CN(CCc1ccc(-n2ccc(NC(=O)N3CCN(C(=O)C(C)(C)N)CC3)nc2=O)cc1)C1CC2(CC(N)C2)C1. The Morgan fingerprint density at radius 2 is 1.68 bits per heavy atom. The molecule has 5 rings (SSSR count). The van der Waals surface area contributed by atoms with Crippen LogP contribution in [0.2, 0.25) is 0 Å². The number of hydrogen-bond donors (Lipinski definition) is 3. The van der Waals surface area contributed by atoms with Crippen LogP contribution in [0.4, 0.5) is 10.6 Å². The first-order valence-electron chi connectivity index (χ1n) is 14.2. The van der Waals surface area contributed by atoms with E-state index >= 15 is 0 Å². The van der Waals surface area contributed by atoms with Crippen molar-refractivity contribution in [2.75, 3.05) is 45.1 Å². The van der Waals surface area contributed by atoms with Gasteiger partial charge in [0, 0.05) is 51.0 Å².